The van der Waals surface area contributed by atoms with E-state index in [1.807, 2.05) is 6.08 Å². The SMILES string of the molecule is CCCCCO[C@]1(C(N)=O)CC[C@H]2[C@@H]3C=C(C)C4=CC(=O)CC[C@]4(C)[C@H]3CC[C@@]21C. The first kappa shape index (κ1) is 21.8. The number of hydrogen-bond donors (Lipinski definition) is 1. The molecule has 4 aliphatic rings. The number of primary amides is 1. The first-order valence-corrected chi connectivity index (χ1v) is 12.1. The summed E-state index contributed by atoms with van der Waals surface area (Å²) in [6, 6.07) is 0. The van der Waals surface area contributed by atoms with Crippen molar-refractivity contribution in [2.24, 2.45) is 34.3 Å². The van der Waals surface area contributed by atoms with Crippen LogP contribution < -0.4 is 5.73 Å². The van der Waals surface area contributed by atoms with Gasteiger partial charge in [0.2, 0.25) is 5.91 Å². The highest BCUT2D eigenvalue weighted by atomic mass is 16.5. The lowest BCUT2D eigenvalue weighted by molar-refractivity contribution is -0.173. The van der Waals surface area contributed by atoms with Gasteiger partial charge in [0.25, 0.3) is 0 Å². The van der Waals surface area contributed by atoms with Crippen LogP contribution in [0.15, 0.2) is 23.3 Å². The van der Waals surface area contributed by atoms with E-state index in [1.165, 1.54) is 11.1 Å². The molecule has 2 fully saturated rings. The third kappa shape index (κ3) is 2.97. The highest BCUT2D eigenvalue weighted by Crippen LogP contribution is 2.67. The minimum atomic E-state index is -0.836. The fourth-order valence-corrected chi connectivity index (χ4v) is 7.73. The van der Waals surface area contributed by atoms with E-state index in [2.05, 4.69) is 33.8 Å². The molecule has 0 unspecified atom stereocenters. The Bertz CT molecular complexity index is 798. The van der Waals surface area contributed by atoms with Gasteiger partial charge in [-0.25, -0.2) is 0 Å². The van der Waals surface area contributed by atoms with Crippen molar-refractivity contribution in [3.05, 3.63) is 23.3 Å². The van der Waals surface area contributed by atoms with Crippen LogP contribution in [0.4, 0.5) is 0 Å². The van der Waals surface area contributed by atoms with Gasteiger partial charge in [-0.15, -0.1) is 0 Å². The van der Waals surface area contributed by atoms with Gasteiger partial charge in [-0.1, -0.05) is 45.3 Å². The van der Waals surface area contributed by atoms with Gasteiger partial charge in [-0.2, -0.15) is 0 Å². The molecular formula is C26H39NO3. The Morgan fingerprint density at radius 2 is 1.90 bits per heavy atom. The highest BCUT2D eigenvalue weighted by molar-refractivity contribution is 5.92. The second-order valence-corrected chi connectivity index (χ2v) is 10.8. The Hall–Kier alpha value is -1.42. The summed E-state index contributed by atoms with van der Waals surface area (Å²) in [4.78, 5) is 25.0. The van der Waals surface area contributed by atoms with Gasteiger partial charge in [0.15, 0.2) is 11.4 Å². The minimum Gasteiger partial charge on any atom is -0.367 e. The number of allylic oxidation sites excluding steroid dienone is 4. The maximum Gasteiger partial charge on any atom is 0.250 e. The van der Waals surface area contributed by atoms with Crippen molar-refractivity contribution in [2.75, 3.05) is 6.61 Å². The van der Waals surface area contributed by atoms with Gasteiger partial charge in [0.1, 0.15) is 0 Å². The molecule has 166 valence electrons. The lowest BCUT2D eigenvalue weighted by Crippen LogP contribution is -2.60. The molecule has 4 rings (SSSR count). The summed E-state index contributed by atoms with van der Waals surface area (Å²) in [6.45, 7) is 9.61. The zero-order valence-electron chi connectivity index (χ0n) is 19.3. The smallest absolute Gasteiger partial charge is 0.250 e. The molecule has 0 aromatic rings. The first-order valence-electron chi connectivity index (χ1n) is 12.1. The third-order valence-corrected chi connectivity index (χ3v) is 9.44. The largest absolute Gasteiger partial charge is 0.367 e. The van der Waals surface area contributed by atoms with Crippen LogP contribution in [-0.2, 0) is 14.3 Å². The third-order valence-electron chi connectivity index (χ3n) is 9.44. The average molecular weight is 414 g/mol. The number of ketones is 1. The molecule has 30 heavy (non-hydrogen) atoms. The highest BCUT2D eigenvalue weighted by Gasteiger charge is 2.67. The number of carbonyl (C=O) groups is 2. The molecule has 4 heteroatoms. The normalized spacial score (nSPS) is 42.7. The fourth-order valence-electron chi connectivity index (χ4n) is 7.73. The van der Waals surface area contributed by atoms with E-state index in [-0.39, 0.29) is 22.5 Å². The molecule has 1 amide bonds. The predicted octanol–water partition coefficient (Wildman–Crippen LogP) is 5.12. The van der Waals surface area contributed by atoms with Gasteiger partial charge in [-0.05, 0) is 80.3 Å². The van der Waals surface area contributed by atoms with Crippen molar-refractivity contribution in [3.8, 4) is 0 Å². The van der Waals surface area contributed by atoms with Crippen LogP contribution in [0.25, 0.3) is 0 Å². The van der Waals surface area contributed by atoms with E-state index in [1.54, 1.807) is 0 Å². The monoisotopic (exact) mass is 413 g/mol. The maximum absolute atomic E-state index is 12.8. The molecular weight excluding hydrogens is 374 g/mol. The van der Waals surface area contributed by atoms with Crippen LogP contribution in [0.2, 0.25) is 0 Å². The van der Waals surface area contributed by atoms with E-state index in [4.69, 9.17) is 10.5 Å². The number of hydrogen-bond acceptors (Lipinski definition) is 3. The number of nitrogens with two attached hydrogens (primary N) is 1. The number of unbranched alkanes of at least 4 members (excludes halogenated alkanes) is 2. The Kier molecular flexibility index (Phi) is 5.53. The Morgan fingerprint density at radius 1 is 1.17 bits per heavy atom. The van der Waals surface area contributed by atoms with E-state index >= 15 is 0 Å². The van der Waals surface area contributed by atoms with Gasteiger partial charge >= 0.3 is 0 Å². The van der Waals surface area contributed by atoms with Crippen molar-refractivity contribution >= 4 is 11.7 Å². The molecule has 0 saturated heterocycles. The lowest BCUT2D eigenvalue weighted by atomic mass is 9.47. The molecule has 4 aliphatic carbocycles. The molecule has 0 heterocycles. The van der Waals surface area contributed by atoms with E-state index in [0.29, 0.717) is 30.8 Å². The van der Waals surface area contributed by atoms with E-state index < -0.39 is 5.60 Å². The molecule has 0 aromatic heterocycles. The summed E-state index contributed by atoms with van der Waals surface area (Å²) >= 11 is 0. The van der Waals surface area contributed by atoms with Crippen LogP contribution >= 0.6 is 0 Å². The standard InChI is InChI=1S/C26H39NO3/c1-5-6-7-14-30-26(23(27)29)13-10-21-19-15-17(2)22-16-18(28)8-11-24(22,3)20(19)9-12-25(21,26)4/h15-16,19-21H,5-14H2,1-4H3,(H2,27,29)/t19-,20+,21+,24-,25+,26+/m1/s1. The van der Waals surface area contributed by atoms with Crippen molar-refractivity contribution in [2.45, 2.75) is 91.1 Å². The topological polar surface area (TPSA) is 69.4 Å². The van der Waals surface area contributed by atoms with Crippen molar-refractivity contribution in [3.63, 3.8) is 0 Å². The molecule has 4 nitrogen and oxygen atoms in total. The molecule has 0 aliphatic heterocycles. The molecule has 2 N–H and O–H groups in total. The summed E-state index contributed by atoms with van der Waals surface area (Å²) in [5, 5.41) is 0. The number of carbonyl (C=O) groups excluding carboxylic acids is 2. The van der Waals surface area contributed by atoms with E-state index in [0.717, 1.165) is 51.4 Å². The summed E-state index contributed by atoms with van der Waals surface area (Å²) in [6.07, 6.45) is 13.0. The quantitative estimate of drug-likeness (QED) is 0.615. The minimum absolute atomic E-state index is 0.0682. The van der Waals surface area contributed by atoms with Crippen molar-refractivity contribution in [1.29, 1.82) is 0 Å². The number of ether oxygens (including phenoxy) is 1. The Labute approximate surface area is 181 Å². The van der Waals surface area contributed by atoms with Gasteiger partial charge in [-0.3, -0.25) is 9.59 Å². The number of rotatable bonds is 6. The van der Waals surface area contributed by atoms with Crippen LogP contribution in [0.5, 0.6) is 0 Å². The summed E-state index contributed by atoms with van der Waals surface area (Å²) < 4.78 is 6.43. The summed E-state index contributed by atoms with van der Waals surface area (Å²) in [5.41, 5.74) is 7.60. The van der Waals surface area contributed by atoms with Crippen LogP contribution in [0, 0.1) is 28.6 Å². The fraction of sp³-hybridized carbons (Fsp3) is 0.769. The zero-order valence-corrected chi connectivity index (χ0v) is 19.3. The zero-order chi connectivity index (χ0) is 21.7. The number of fused-ring (bicyclic) bond motifs is 5. The number of amides is 1. The molecule has 6 atom stereocenters. The molecule has 0 aromatic carbocycles. The predicted molar refractivity (Wildman–Crippen MR) is 119 cm³/mol. The van der Waals surface area contributed by atoms with Gasteiger partial charge in [0.05, 0.1) is 0 Å². The second kappa shape index (κ2) is 7.62. The average Bonchev–Trinajstić information content (AvgIpc) is 3.00. The van der Waals surface area contributed by atoms with Crippen molar-refractivity contribution < 1.29 is 14.3 Å². The van der Waals surface area contributed by atoms with Gasteiger partial charge in [0, 0.05) is 18.4 Å². The van der Waals surface area contributed by atoms with Gasteiger partial charge < -0.3 is 10.5 Å². The molecule has 0 spiro atoms. The van der Waals surface area contributed by atoms with Crippen LogP contribution in [-0.4, -0.2) is 23.9 Å². The summed E-state index contributed by atoms with van der Waals surface area (Å²) in [7, 11) is 0. The second-order valence-electron chi connectivity index (χ2n) is 10.8. The van der Waals surface area contributed by atoms with Crippen LogP contribution in [0.1, 0.15) is 85.5 Å². The maximum atomic E-state index is 12.8. The first-order chi connectivity index (χ1) is 14.2. The van der Waals surface area contributed by atoms with Crippen LogP contribution in [0.3, 0.4) is 0 Å². The van der Waals surface area contributed by atoms with E-state index in [9.17, 15) is 9.59 Å². The van der Waals surface area contributed by atoms with Crippen molar-refractivity contribution in [1.82, 2.24) is 0 Å². The molecule has 2 saturated carbocycles. The molecule has 0 bridgehead atoms. The molecule has 0 radical (unpaired) electrons. The Balaban J connectivity index is 1.68. The lowest BCUT2D eigenvalue weighted by Gasteiger charge is -2.58. The summed E-state index contributed by atoms with van der Waals surface area (Å²) in [5.74, 6) is 1.36. The Morgan fingerprint density at radius 3 is 2.60 bits per heavy atom.